The van der Waals surface area contributed by atoms with Gasteiger partial charge in [-0.05, 0) is 17.0 Å². The summed E-state index contributed by atoms with van der Waals surface area (Å²) in [6.07, 6.45) is 3.41. The lowest BCUT2D eigenvalue weighted by atomic mass is 10.1. The van der Waals surface area contributed by atoms with Crippen molar-refractivity contribution in [3.8, 4) is 0 Å². The molecule has 2 aromatic heterocycles. The third-order valence-electron chi connectivity index (χ3n) is 3.39. The molecule has 0 radical (unpaired) electrons. The van der Waals surface area contributed by atoms with Crippen molar-refractivity contribution in [1.29, 1.82) is 0 Å². The zero-order chi connectivity index (χ0) is 14.5. The van der Waals surface area contributed by atoms with Gasteiger partial charge >= 0.3 is 0 Å². The van der Waals surface area contributed by atoms with Gasteiger partial charge in [-0.1, -0.05) is 23.4 Å². The van der Waals surface area contributed by atoms with Crippen LogP contribution >= 0.6 is 0 Å². The number of methoxy groups -OCH3 is 1. The van der Waals surface area contributed by atoms with Crippen LogP contribution in [0.15, 0.2) is 41.4 Å². The summed E-state index contributed by atoms with van der Waals surface area (Å²) in [5.74, 6) is 0.676. The number of nitrogens with zero attached hydrogens (tertiary/aromatic N) is 3. The van der Waals surface area contributed by atoms with Gasteiger partial charge in [0.25, 0.3) is 0 Å². The monoisotopic (exact) mass is 286 g/mol. The van der Waals surface area contributed by atoms with Crippen LogP contribution in [0.3, 0.4) is 0 Å². The lowest BCUT2D eigenvalue weighted by Gasteiger charge is -2.09. The van der Waals surface area contributed by atoms with Crippen molar-refractivity contribution >= 4 is 10.9 Å². The summed E-state index contributed by atoms with van der Waals surface area (Å²) in [7, 11) is 1.71. The molecule has 0 saturated carbocycles. The van der Waals surface area contributed by atoms with Gasteiger partial charge in [0.05, 0.1) is 18.7 Å². The SMILES string of the molecule is COCCNCc1cccc2ccn(Cc3ncon3)c12. The Hall–Kier alpha value is -2.18. The van der Waals surface area contributed by atoms with E-state index in [9.17, 15) is 0 Å². The number of rotatable bonds is 7. The number of aromatic nitrogens is 3. The Morgan fingerprint density at radius 1 is 1.33 bits per heavy atom. The Kier molecular flexibility index (Phi) is 4.28. The number of hydrogen-bond donors (Lipinski definition) is 1. The van der Waals surface area contributed by atoms with E-state index in [4.69, 9.17) is 9.26 Å². The molecule has 2 heterocycles. The highest BCUT2D eigenvalue weighted by atomic mass is 16.5. The molecular weight excluding hydrogens is 268 g/mol. The average Bonchev–Trinajstić information content (AvgIpc) is 3.15. The van der Waals surface area contributed by atoms with Crippen LogP contribution in [0.4, 0.5) is 0 Å². The maximum atomic E-state index is 5.05. The highest BCUT2D eigenvalue weighted by molar-refractivity contribution is 5.83. The third-order valence-corrected chi connectivity index (χ3v) is 3.39. The Balaban J connectivity index is 1.84. The van der Waals surface area contributed by atoms with Crippen molar-refractivity contribution in [2.24, 2.45) is 0 Å². The molecule has 6 heteroatoms. The fourth-order valence-electron chi connectivity index (χ4n) is 2.43. The lowest BCUT2D eigenvalue weighted by Crippen LogP contribution is -2.19. The van der Waals surface area contributed by atoms with E-state index in [1.54, 1.807) is 7.11 Å². The summed E-state index contributed by atoms with van der Waals surface area (Å²) in [6, 6.07) is 8.43. The van der Waals surface area contributed by atoms with E-state index in [1.165, 1.54) is 22.9 Å². The Morgan fingerprint density at radius 2 is 2.29 bits per heavy atom. The summed E-state index contributed by atoms with van der Waals surface area (Å²) < 4.78 is 12.0. The molecule has 1 aromatic carbocycles. The predicted octanol–water partition coefficient (Wildman–Crippen LogP) is 1.81. The first-order valence-corrected chi connectivity index (χ1v) is 6.90. The van der Waals surface area contributed by atoms with Crippen LogP contribution < -0.4 is 5.32 Å². The second-order valence-electron chi connectivity index (χ2n) is 4.82. The van der Waals surface area contributed by atoms with E-state index in [2.05, 4.69) is 50.5 Å². The molecule has 1 N–H and O–H groups in total. The van der Waals surface area contributed by atoms with E-state index in [0.717, 1.165) is 13.1 Å². The number of hydrogen-bond acceptors (Lipinski definition) is 5. The van der Waals surface area contributed by atoms with Crippen LogP contribution in [0.5, 0.6) is 0 Å². The van der Waals surface area contributed by atoms with Gasteiger partial charge < -0.3 is 19.1 Å². The first-order chi connectivity index (χ1) is 10.4. The van der Waals surface area contributed by atoms with Crippen molar-refractivity contribution in [2.75, 3.05) is 20.3 Å². The normalized spacial score (nSPS) is 11.3. The Bertz CT molecular complexity index is 691. The minimum atomic E-state index is 0.606. The van der Waals surface area contributed by atoms with E-state index in [-0.39, 0.29) is 0 Å². The topological polar surface area (TPSA) is 65.1 Å². The molecule has 0 saturated heterocycles. The van der Waals surface area contributed by atoms with E-state index in [1.807, 2.05) is 0 Å². The zero-order valence-electron chi connectivity index (χ0n) is 12.0. The van der Waals surface area contributed by atoms with Gasteiger partial charge in [-0.2, -0.15) is 4.98 Å². The van der Waals surface area contributed by atoms with Gasteiger partial charge in [-0.15, -0.1) is 0 Å². The van der Waals surface area contributed by atoms with Gasteiger partial charge in [-0.25, -0.2) is 0 Å². The molecule has 0 atom stereocenters. The first kappa shape index (κ1) is 13.8. The van der Waals surface area contributed by atoms with Crippen LogP contribution in [0, 0.1) is 0 Å². The van der Waals surface area contributed by atoms with Crippen molar-refractivity contribution in [3.05, 3.63) is 48.2 Å². The molecular formula is C15H18N4O2. The minimum absolute atomic E-state index is 0.606. The maximum absolute atomic E-state index is 5.05. The second-order valence-corrected chi connectivity index (χ2v) is 4.82. The summed E-state index contributed by atoms with van der Waals surface area (Å²) >= 11 is 0. The molecule has 0 aliphatic rings. The van der Waals surface area contributed by atoms with Gasteiger partial charge in [0.15, 0.2) is 5.82 Å². The largest absolute Gasteiger partial charge is 0.383 e. The quantitative estimate of drug-likeness (QED) is 0.671. The Labute approximate surface area is 122 Å². The van der Waals surface area contributed by atoms with Crippen molar-refractivity contribution in [3.63, 3.8) is 0 Å². The molecule has 110 valence electrons. The highest BCUT2D eigenvalue weighted by Gasteiger charge is 2.08. The van der Waals surface area contributed by atoms with Gasteiger partial charge in [0.1, 0.15) is 0 Å². The second kappa shape index (κ2) is 6.51. The fourth-order valence-corrected chi connectivity index (χ4v) is 2.43. The van der Waals surface area contributed by atoms with Crippen molar-refractivity contribution in [1.82, 2.24) is 20.0 Å². The van der Waals surface area contributed by atoms with Gasteiger partial charge in [0, 0.05) is 26.4 Å². The van der Waals surface area contributed by atoms with Crippen LogP contribution in [0.2, 0.25) is 0 Å². The molecule has 0 spiro atoms. The molecule has 0 aliphatic heterocycles. The zero-order valence-corrected chi connectivity index (χ0v) is 12.0. The molecule has 21 heavy (non-hydrogen) atoms. The van der Waals surface area contributed by atoms with E-state index >= 15 is 0 Å². The number of benzene rings is 1. The third kappa shape index (κ3) is 3.12. The van der Waals surface area contributed by atoms with Crippen molar-refractivity contribution < 1.29 is 9.26 Å². The molecule has 0 aliphatic carbocycles. The van der Waals surface area contributed by atoms with E-state index < -0.39 is 0 Å². The number of fused-ring (bicyclic) bond motifs is 1. The maximum Gasteiger partial charge on any atom is 0.213 e. The van der Waals surface area contributed by atoms with Crippen LogP contribution in [-0.2, 0) is 17.8 Å². The molecule has 0 unspecified atom stereocenters. The number of ether oxygens (including phenoxy) is 1. The van der Waals surface area contributed by atoms with Gasteiger partial charge in [0.2, 0.25) is 6.39 Å². The van der Waals surface area contributed by atoms with E-state index in [0.29, 0.717) is 19.0 Å². The highest BCUT2D eigenvalue weighted by Crippen LogP contribution is 2.21. The molecule has 3 rings (SSSR count). The predicted molar refractivity (Wildman–Crippen MR) is 78.9 cm³/mol. The number of nitrogens with one attached hydrogen (secondary N) is 1. The molecule has 0 amide bonds. The molecule has 0 fully saturated rings. The summed E-state index contributed by atoms with van der Waals surface area (Å²) in [6.45, 7) is 2.95. The molecule has 3 aromatic rings. The standard InChI is InChI=1S/C15H18N4O2/c1-20-8-6-16-9-13-4-2-3-12-5-7-19(15(12)13)10-14-17-11-21-18-14/h2-5,7,11,16H,6,8-10H2,1H3. The van der Waals surface area contributed by atoms with Crippen molar-refractivity contribution in [2.45, 2.75) is 13.1 Å². The lowest BCUT2D eigenvalue weighted by molar-refractivity contribution is 0.199. The van der Waals surface area contributed by atoms with Crippen LogP contribution in [-0.4, -0.2) is 35.0 Å². The van der Waals surface area contributed by atoms with Gasteiger partial charge in [-0.3, -0.25) is 0 Å². The molecule has 6 nitrogen and oxygen atoms in total. The first-order valence-electron chi connectivity index (χ1n) is 6.90. The minimum Gasteiger partial charge on any atom is -0.383 e. The summed E-state index contributed by atoms with van der Waals surface area (Å²) in [4.78, 5) is 4.08. The number of para-hydroxylation sites is 1. The summed E-state index contributed by atoms with van der Waals surface area (Å²) in [5, 5.41) is 8.47. The molecule has 0 bridgehead atoms. The average molecular weight is 286 g/mol. The summed E-state index contributed by atoms with van der Waals surface area (Å²) in [5.41, 5.74) is 2.45. The fraction of sp³-hybridized carbons (Fsp3) is 0.333. The van der Waals surface area contributed by atoms with Crippen LogP contribution in [0.1, 0.15) is 11.4 Å². The smallest absolute Gasteiger partial charge is 0.213 e. The van der Waals surface area contributed by atoms with Crippen LogP contribution in [0.25, 0.3) is 10.9 Å². The Morgan fingerprint density at radius 3 is 3.10 bits per heavy atom.